The standard InChI is InChI=1S/C11H21N3O7/c1-6-19-11(17)20-8(4)21-12-14(18)13(5)9(7(2)3)10(15)16/h7-9H,6H2,1-5H3,(H,15,16)/b14-12-/t8?,9-/m0/s1. The smallest absolute Gasteiger partial charge is 0.511 e. The van der Waals surface area contributed by atoms with E-state index in [1.165, 1.54) is 14.0 Å². The molecular weight excluding hydrogens is 286 g/mol. The summed E-state index contributed by atoms with van der Waals surface area (Å²) in [4.78, 5) is 26.6. The summed E-state index contributed by atoms with van der Waals surface area (Å²) >= 11 is 0. The molecule has 0 aliphatic rings. The van der Waals surface area contributed by atoms with Crippen molar-refractivity contribution in [1.82, 2.24) is 5.01 Å². The fourth-order valence-corrected chi connectivity index (χ4v) is 1.46. The number of hydrogen-bond acceptors (Lipinski definition) is 7. The number of carboxylic acid groups (broad SMARTS) is 1. The number of nitrogens with zero attached hydrogens (tertiary/aromatic N) is 3. The highest BCUT2D eigenvalue weighted by molar-refractivity contribution is 5.73. The molecule has 10 nitrogen and oxygen atoms in total. The number of rotatable bonds is 8. The minimum Gasteiger partial charge on any atom is -0.569 e. The number of carbonyl (C=O) groups is 2. The van der Waals surface area contributed by atoms with Gasteiger partial charge in [-0.25, -0.2) is 9.59 Å². The van der Waals surface area contributed by atoms with Gasteiger partial charge < -0.3 is 19.8 Å². The molecule has 0 aromatic rings. The molecule has 0 aromatic carbocycles. The van der Waals surface area contributed by atoms with Crippen molar-refractivity contribution in [2.75, 3.05) is 13.7 Å². The zero-order chi connectivity index (χ0) is 16.6. The van der Waals surface area contributed by atoms with Crippen LogP contribution in [0.15, 0.2) is 5.28 Å². The average Bonchev–Trinajstić information content (AvgIpc) is 2.35. The Morgan fingerprint density at radius 2 is 1.95 bits per heavy atom. The normalized spacial score (nSPS) is 14.3. The molecule has 0 bridgehead atoms. The van der Waals surface area contributed by atoms with Crippen LogP contribution in [0.25, 0.3) is 0 Å². The first-order chi connectivity index (χ1) is 9.70. The highest BCUT2D eigenvalue weighted by Gasteiger charge is 2.32. The van der Waals surface area contributed by atoms with Gasteiger partial charge in [0, 0.05) is 6.92 Å². The molecule has 0 aromatic heterocycles. The lowest BCUT2D eigenvalue weighted by atomic mass is 10.1. The molecule has 0 radical (unpaired) electrons. The van der Waals surface area contributed by atoms with Crippen LogP contribution in [0.5, 0.6) is 0 Å². The molecule has 122 valence electrons. The van der Waals surface area contributed by atoms with Gasteiger partial charge in [-0.05, 0) is 12.8 Å². The Hall–Kier alpha value is -2.26. The Bertz CT molecular complexity index is 386. The van der Waals surface area contributed by atoms with E-state index >= 15 is 0 Å². The van der Waals surface area contributed by atoms with E-state index in [1.807, 2.05) is 0 Å². The third kappa shape index (κ3) is 6.63. The van der Waals surface area contributed by atoms with E-state index in [2.05, 4.69) is 19.6 Å². The minimum atomic E-state index is -1.17. The van der Waals surface area contributed by atoms with Gasteiger partial charge in [0.15, 0.2) is 6.04 Å². The maximum Gasteiger partial charge on any atom is 0.511 e. The number of ether oxygens (including phenoxy) is 2. The SMILES string of the molecule is CCOC(=O)OC(C)O/N=[N+](\[O-])N(C)[C@H](C(=O)O)C(C)C. The van der Waals surface area contributed by atoms with Crippen LogP contribution >= 0.6 is 0 Å². The predicted molar refractivity (Wildman–Crippen MR) is 68.7 cm³/mol. The van der Waals surface area contributed by atoms with Crippen molar-refractivity contribution in [2.24, 2.45) is 11.2 Å². The summed E-state index contributed by atoms with van der Waals surface area (Å²) in [5, 5.41) is 24.6. The van der Waals surface area contributed by atoms with Crippen LogP contribution in [0, 0.1) is 11.1 Å². The Labute approximate surface area is 122 Å². The minimum absolute atomic E-state index is 0.0240. The van der Waals surface area contributed by atoms with Gasteiger partial charge in [0.05, 0.1) is 18.6 Å². The fourth-order valence-electron chi connectivity index (χ4n) is 1.46. The maximum absolute atomic E-state index is 11.6. The fraction of sp³-hybridized carbons (Fsp3) is 0.818. The monoisotopic (exact) mass is 307 g/mol. The first kappa shape index (κ1) is 18.7. The second-order valence-corrected chi connectivity index (χ2v) is 4.41. The number of likely N-dealkylation sites (N-methyl/N-ethyl adjacent to an activating group) is 1. The van der Waals surface area contributed by atoms with Crippen LogP contribution < -0.4 is 0 Å². The van der Waals surface area contributed by atoms with Gasteiger partial charge >= 0.3 is 12.1 Å². The lowest BCUT2D eigenvalue weighted by Crippen LogP contribution is -2.45. The van der Waals surface area contributed by atoms with Crippen molar-refractivity contribution in [2.45, 2.75) is 40.0 Å². The number of aliphatic carboxylic acids is 1. The van der Waals surface area contributed by atoms with Crippen LogP contribution in [-0.2, 0) is 19.1 Å². The second kappa shape index (κ2) is 8.82. The van der Waals surface area contributed by atoms with Crippen molar-refractivity contribution in [3.05, 3.63) is 5.21 Å². The second-order valence-electron chi connectivity index (χ2n) is 4.41. The summed E-state index contributed by atoms with van der Waals surface area (Å²) in [6, 6.07) is -1.07. The predicted octanol–water partition coefficient (Wildman–Crippen LogP) is 1.36. The summed E-state index contributed by atoms with van der Waals surface area (Å²) in [7, 11) is 1.26. The van der Waals surface area contributed by atoms with Gasteiger partial charge in [-0.2, -0.15) is 0 Å². The Morgan fingerprint density at radius 1 is 1.38 bits per heavy atom. The summed E-state index contributed by atoms with van der Waals surface area (Å²) in [6.45, 7) is 6.36. The van der Waals surface area contributed by atoms with Crippen LogP contribution in [0.1, 0.15) is 27.7 Å². The van der Waals surface area contributed by atoms with E-state index in [9.17, 15) is 14.8 Å². The van der Waals surface area contributed by atoms with E-state index < -0.39 is 24.5 Å². The molecule has 0 aliphatic carbocycles. The molecule has 0 heterocycles. The van der Waals surface area contributed by atoms with E-state index in [1.54, 1.807) is 20.8 Å². The van der Waals surface area contributed by atoms with Crippen LogP contribution in [0.4, 0.5) is 4.79 Å². The molecule has 0 saturated carbocycles. The van der Waals surface area contributed by atoms with Crippen molar-refractivity contribution in [3.63, 3.8) is 0 Å². The van der Waals surface area contributed by atoms with Crippen molar-refractivity contribution < 1.29 is 34.0 Å². The molecule has 0 fully saturated rings. The molecule has 1 N–H and O–H groups in total. The third-order valence-corrected chi connectivity index (χ3v) is 2.35. The van der Waals surface area contributed by atoms with E-state index in [-0.39, 0.29) is 17.5 Å². The number of carbonyl (C=O) groups excluding carboxylic acids is 1. The van der Waals surface area contributed by atoms with E-state index in [4.69, 9.17) is 5.11 Å². The van der Waals surface area contributed by atoms with Gasteiger partial charge in [0.2, 0.25) is 5.28 Å². The Balaban J connectivity index is 4.58. The highest BCUT2D eigenvalue weighted by atomic mass is 16.8. The Kier molecular flexibility index (Phi) is 7.87. The summed E-state index contributed by atoms with van der Waals surface area (Å²) in [5.41, 5.74) is 0. The molecule has 2 atom stereocenters. The average molecular weight is 307 g/mol. The number of carboxylic acids is 1. The summed E-state index contributed by atoms with van der Waals surface area (Å²) in [5.74, 6) is -1.49. The van der Waals surface area contributed by atoms with Gasteiger partial charge in [-0.1, -0.05) is 13.8 Å². The molecule has 0 amide bonds. The third-order valence-electron chi connectivity index (χ3n) is 2.35. The Morgan fingerprint density at radius 3 is 2.38 bits per heavy atom. The van der Waals surface area contributed by atoms with Crippen LogP contribution in [0.2, 0.25) is 0 Å². The maximum atomic E-state index is 11.6. The van der Waals surface area contributed by atoms with Crippen LogP contribution in [0.3, 0.4) is 0 Å². The molecule has 0 aliphatic heterocycles. The zero-order valence-electron chi connectivity index (χ0n) is 12.7. The lowest BCUT2D eigenvalue weighted by Gasteiger charge is -2.23. The summed E-state index contributed by atoms with van der Waals surface area (Å²) < 4.78 is 9.10. The van der Waals surface area contributed by atoms with E-state index in [0.29, 0.717) is 0 Å². The first-order valence-electron chi connectivity index (χ1n) is 6.33. The molecule has 21 heavy (non-hydrogen) atoms. The summed E-state index contributed by atoms with van der Waals surface area (Å²) in [6.07, 6.45) is -2.12. The topological polar surface area (TPSA) is 124 Å². The van der Waals surface area contributed by atoms with Crippen molar-refractivity contribution in [1.29, 1.82) is 0 Å². The number of hydrogen-bond donors (Lipinski definition) is 1. The van der Waals surface area contributed by atoms with E-state index in [0.717, 1.165) is 5.01 Å². The molecule has 10 heteroatoms. The highest BCUT2D eigenvalue weighted by Crippen LogP contribution is 2.10. The molecule has 1 unspecified atom stereocenters. The van der Waals surface area contributed by atoms with Crippen molar-refractivity contribution in [3.8, 4) is 0 Å². The first-order valence-corrected chi connectivity index (χ1v) is 6.33. The largest absolute Gasteiger partial charge is 0.569 e. The van der Waals surface area contributed by atoms with Gasteiger partial charge in [0.1, 0.15) is 0 Å². The molecule has 0 saturated heterocycles. The van der Waals surface area contributed by atoms with Gasteiger partial charge in [-0.3, -0.25) is 4.84 Å². The molecule has 0 spiro atoms. The number of hydrazine groups is 1. The van der Waals surface area contributed by atoms with Crippen LogP contribution in [-0.4, -0.2) is 53.2 Å². The van der Waals surface area contributed by atoms with Crippen molar-refractivity contribution >= 4 is 12.1 Å². The van der Waals surface area contributed by atoms with Gasteiger partial charge in [0.25, 0.3) is 6.29 Å². The quantitative estimate of drug-likeness (QED) is 0.234. The lowest BCUT2D eigenvalue weighted by molar-refractivity contribution is -0.713. The van der Waals surface area contributed by atoms with Gasteiger partial charge in [-0.15, -0.1) is 5.01 Å². The molecule has 0 rings (SSSR count). The zero-order valence-corrected chi connectivity index (χ0v) is 12.7. The molecular formula is C11H21N3O7.